The van der Waals surface area contributed by atoms with Gasteiger partial charge in [0.2, 0.25) is 0 Å². The number of para-hydroxylation sites is 1. The summed E-state index contributed by atoms with van der Waals surface area (Å²) < 4.78 is 0. The third-order valence-corrected chi connectivity index (χ3v) is 5.91. The number of hydrogen-bond acceptors (Lipinski definition) is 8. The van der Waals surface area contributed by atoms with E-state index >= 15 is 0 Å². The molecule has 0 aliphatic rings. The van der Waals surface area contributed by atoms with Crippen molar-refractivity contribution in [1.82, 2.24) is 35.9 Å². The molecule has 2 heterocycles. The third kappa shape index (κ3) is 5.37. The maximum absolute atomic E-state index is 13.1. The molecule has 4 aromatic rings. The number of carboxylic acid groups (broad SMARTS) is 1. The molecule has 2 aromatic heterocycles. The van der Waals surface area contributed by atoms with Gasteiger partial charge in [-0.2, -0.15) is 0 Å². The average molecular weight is 491 g/mol. The Hall–Kier alpha value is -4.61. The summed E-state index contributed by atoms with van der Waals surface area (Å²) in [5.74, 6) is -0.672. The zero-order chi connectivity index (χ0) is 25.8. The maximum atomic E-state index is 13.1. The van der Waals surface area contributed by atoms with Gasteiger partial charge in [-0.3, -0.25) is 9.59 Å². The molecule has 1 atom stereocenters. The fourth-order valence-electron chi connectivity index (χ4n) is 4.02. The molecule has 4 N–H and O–H groups in total. The number of nitrogens with zero attached hydrogens (tertiary/aromatic N) is 5. The van der Waals surface area contributed by atoms with Crippen LogP contribution in [0, 0.1) is 13.8 Å². The second kappa shape index (κ2) is 10.3. The lowest BCUT2D eigenvalue weighted by Crippen LogP contribution is -2.41. The smallest absolute Gasteiger partial charge is 0.326 e. The van der Waals surface area contributed by atoms with Crippen molar-refractivity contribution in [2.24, 2.45) is 0 Å². The van der Waals surface area contributed by atoms with Crippen LogP contribution >= 0.6 is 0 Å². The number of carboxylic acids is 1. The molecule has 12 heteroatoms. The van der Waals surface area contributed by atoms with Crippen LogP contribution in [0.5, 0.6) is 0 Å². The van der Waals surface area contributed by atoms with E-state index in [0.29, 0.717) is 40.3 Å². The molecule has 0 bridgehead atoms. The highest BCUT2D eigenvalue weighted by Gasteiger charge is 2.23. The molecule has 2 aromatic carbocycles. The normalized spacial score (nSPS) is 11.9. The summed E-state index contributed by atoms with van der Waals surface area (Å²) in [6.07, 6.45) is 0.384. The Labute approximate surface area is 205 Å². The molecule has 0 spiro atoms. The van der Waals surface area contributed by atoms with E-state index < -0.39 is 17.9 Å². The van der Waals surface area contributed by atoms with Gasteiger partial charge < -0.3 is 20.3 Å². The Morgan fingerprint density at radius 3 is 2.69 bits per heavy atom. The van der Waals surface area contributed by atoms with Crippen LogP contribution in [0.2, 0.25) is 0 Å². The fourth-order valence-corrected chi connectivity index (χ4v) is 4.02. The highest BCUT2D eigenvalue weighted by atomic mass is 16.4. The Bertz CT molecular complexity index is 1470. The number of aromatic nitrogens is 6. The molecule has 0 radical (unpaired) electrons. The van der Waals surface area contributed by atoms with Gasteiger partial charge in [0, 0.05) is 25.7 Å². The number of carbonyl (C=O) groups is 2. The van der Waals surface area contributed by atoms with E-state index in [1.54, 1.807) is 31.2 Å². The van der Waals surface area contributed by atoms with Crippen molar-refractivity contribution in [3.8, 4) is 0 Å². The quantitative estimate of drug-likeness (QED) is 0.271. The molecule has 12 nitrogen and oxygen atoms in total. The lowest BCUT2D eigenvalue weighted by Gasteiger charge is -2.24. The summed E-state index contributed by atoms with van der Waals surface area (Å²) in [4.78, 5) is 46.3. The summed E-state index contributed by atoms with van der Waals surface area (Å²) in [6, 6.07) is 9.53. The summed E-state index contributed by atoms with van der Waals surface area (Å²) in [6.45, 7) is 4.10. The van der Waals surface area contributed by atoms with E-state index in [1.807, 2.05) is 31.0 Å². The molecule has 0 aliphatic heterocycles. The zero-order valence-corrected chi connectivity index (χ0v) is 20.1. The van der Waals surface area contributed by atoms with Crippen molar-refractivity contribution in [3.05, 3.63) is 75.1 Å². The first-order valence-corrected chi connectivity index (χ1v) is 11.3. The number of H-pyrrole nitrogens is 2. The van der Waals surface area contributed by atoms with Crippen molar-refractivity contribution in [3.63, 3.8) is 0 Å². The molecule has 0 saturated carbocycles. The molecule has 0 fully saturated rings. The Morgan fingerprint density at radius 1 is 1.19 bits per heavy atom. The van der Waals surface area contributed by atoms with E-state index in [4.69, 9.17) is 0 Å². The number of aromatic amines is 2. The van der Waals surface area contributed by atoms with Crippen LogP contribution in [-0.4, -0.2) is 60.7 Å². The minimum Gasteiger partial charge on any atom is -0.480 e. The summed E-state index contributed by atoms with van der Waals surface area (Å²) in [5.41, 5.74) is 3.24. The lowest BCUT2D eigenvalue weighted by atomic mass is 10.0. The highest BCUT2D eigenvalue weighted by Crippen LogP contribution is 2.24. The summed E-state index contributed by atoms with van der Waals surface area (Å²) >= 11 is 0. The van der Waals surface area contributed by atoms with Gasteiger partial charge >= 0.3 is 5.97 Å². The van der Waals surface area contributed by atoms with E-state index in [0.717, 1.165) is 11.1 Å². The number of anilines is 1. The lowest BCUT2D eigenvalue weighted by molar-refractivity contribution is -0.139. The van der Waals surface area contributed by atoms with Crippen molar-refractivity contribution < 1.29 is 14.7 Å². The largest absolute Gasteiger partial charge is 0.480 e. The number of rotatable bonds is 9. The monoisotopic (exact) mass is 490 g/mol. The summed E-state index contributed by atoms with van der Waals surface area (Å²) in [7, 11) is 1.83. The van der Waals surface area contributed by atoms with Crippen molar-refractivity contribution in [2.45, 2.75) is 39.3 Å². The first-order chi connectivity index (χ1) is 17.2. The van der Waals surface area contributed by atoms with Gasteiger partial charge in [-0.15, -0.1) is 5.10 Å². The molecule has 186 valence electrons. The van der Waals surface area contributed by atoms with Gasteiger partial charge in [0.1, 0.15) is 17.7 Å². The Kier molecular flexibility index (Phi) is 7.04. The molecular formula is C24H26N8O4. The van der Waals surface area contributed by atoms with Crippen LogP contribution in [0.1, 0.15) is 39.6 Å². The first-order valence-electron chi connectivity index (χ1n) is 11.3. The number of nitrogens with one attached hydrogen (secondary N) is 3. The van der Waals surface area contributed by atoms with Gasteiger partial charge in [0.25, 0.3) is 11.5 Å². The van der Waals surface area contributed by atoms with Gasteiger partial charge in [-0.1, -0.05) is 12.1 Å². The van der Waals surface area contributed by atoms with Gasteiger partial charge in [0.05, 0.1) is 16.5 Å². The fraction of sp³-hybridized carbons (Fsp3) is 0.292. The first kappa shape index (κ1) is 24.5. The molecule has 1 amide bonds. The van der Waals surface area contributed by atoms with Crippen LogP contribution in [0.25, 0.3) is 10.9 Å². The topological polar surface area (TPSA) is 170 Å². The second-order valence-electron chi connectivity index (χ2n) is 8.57. The molecular weight excluding hydrogens is 464 g/mol. The number of carbonyl (C=O) groups excluding carboxylic acids is 1. The second-order valence-corrected chi connectivity index (χ2v) is 8.57. The van der Waals surface area contributed by atoms with Crippen LogP contribution in [0.4, 0.5) is 5.69 Å². The number of hydrogen-bond donors (Lipinski definition) is 4. The zero-order valence-electron chi connectivity index (χ0n) is 20.1. The van der Waals surface area contributed by atoms with Crippen molar-refractivity contribution in [1.29, 1.82) is 0 Å². The third-order valence-electron chi connectivity index (χ3n) is 5.91. The number of amides is 1. The number of fused-ring (bicyclic) bond motifs is 1. The standard InChI is InChI=1S/C24H26N8O4/c1-13-10-19-17(23(34)26-14(2)25-19)11-15(13)12-32(3)20-7-5-4-6-16(20)22(33)27-18(24(35)36)8-9-21-28-30-31-29-21/h4-7,10-11,18H,8-9,12H2,1-3H3,(H,27,33)(H,35,36)(H,25,26,34)(H,28,29,30,31). The maximum Gasteiger partial charge on any atom is 0.326 e. The van der Waals surface area contributed by atoms with Gasteiger partial charge in [-0.05, 0) is 66.1 Å². The Balaban J connectivity index is 1.55. The van der Waals surface area contributed by atoms with Crippen LogP contribution < -0.4 is 15.8 Å². The minimum atomic E-state index is -1.15. The minimum absolute atomic E-state index is 0.119. The number of tetrazole rings is 1. The highest BCUT2D eigenvalue weighted by molar-refractivity contribution is 6.01. The van der Waals surface area contributed by atoms with E-state index in [2.05, 4.69) is 35.9 Å². The molecule has 0 saturated heterocycles. The average Bonchev–Trinajstić information content (AvgIpc) is 3.36. The number of benzene rings is 2. The SMILES string of the molecule is Cc1nc2cc(C)c(CN(C)c3ccccc3C(=O)NC(CCc3nnn[nH]3)C(=O)O)cc2c(=O)[nH]1. The van der Waals surface area contributed by atoms with Gasteiger partial charge in [-0.25, -0.2) is 14.9 Å². The molecule has 1 unspecified atom stereocenters. The predicted octanol–water partition coefficient (Wildman–Crippen LogP) is 1.51. The van der Waals surface area contributed by atoms with Crippen molar-refractivity contribution in [2.75, 3.05) is 11.9 Å². The van der Waals surface area contributed by atoms with Crippen LogP contribution in [0.15, 0.2) is 41.2 Å². The van der Waals surface area contributed by atoms with E-state index in [-0.39, 0.29) is 18.4 Å². The molecule has 4 rings (SSSR count). The van der Waals surface area contributed by atoms with E-state index in [1.165, 1.54) is 0 Å². The van der Waals surface area contributed by atoms with E-state index in [9.17, 15) is 19.5 Å². The molecule has 0 aliphatic carbocycles. The number of aliphatic carboxylic acids is 1. The molecule has 36 heavy (non-hydrogen) atoms. The van der Waals surface area contributed by atoms with Gasteiger partial charge in [0.15, 0.2) is 0 Å². The number of aryl methyl sites for hydroxylation is 3. The van der Waals surface area contributed by atoms with Crippen LogP contribution in [-0.2, 0) is 17.8 Å². The predicted molar refractivity (Wildman–Crippen MR) is 132 cm³/mol. The Morgan fingerprint density at radius 2 is 1.97 bits per heavy atom. The van der Waals surface area contributed by atoms with Crippen molar-refractivity contribution >= 4 is 28.5 Å². The summed E-state index contributed by atoms with van der Waals surface area (Å²) in [5, 5.41) is 26.0. The van der Waals surface area contributed by atoms with Crippen LogP contribution in [0.3, 0.4) is 0 Å².